The Labute approximate surface area is 191 Å². The molecule has 3 aromatic carbocycles. The fraction of sp³-hybridized carbons (Fsp3) is 0.296. The maximum absolute atomic E-state index is 13.1. The van der Waals surface area contributed by atoms with E-state index in [1.807, 2.05) is 48.5 Å². The van der Waals surface area contributed by atoms with E-state index >= 15 is 0 Å². The van der Waals surface area contributed by atoms with Crippen LogP contribution in [0.25, 0.3) is 0 Å². The molecule has 0 aromatic heterocycles. The van der Waals surface area contributed by atoms with Gasteiger partial charge in [-0.2, -0.15) is 0 Å². The number of nitrogens with one attached hydrogen (secondary N) is 1. The second kappa shape index (κ2) is 11.2. The molecule has 3 rings (SSSR count). The highest BCUT2D eigenvalue weighted by atomic mass is 16.5. The van der Waals surface area contributed by atoms with Crippen molar-refractivity contribution >= 4 is 11.6 Å². The second-order valence-corrected chi connectivity index (χ2v) is 7.75. The predicted octanol–water partition coefficient (Wildman–Crippen LogP) is 4.94. The van der Waals surface area contributed by atoms with Crippen molar-refractivity contribution in [1.29, 1.82) is 0 Å². The van der Waals surface area contributed by atoms with Gasteiger partial charge in [0.25, 0.3) is 0 Å². The van der Waals surface area contributed by atoms with Gasteiger partial charge in [-0.3, -0.25) is 4.79 Å². The first-order valence-corrected chi connectivity index (χ1v) is 10.9. The first-order chi connectivity index (χ1) is 15.6. The van der Waals surface area contributed by atoms with Gasteiger partial charge < -0.3 is 19.7 Å². The molecule has 0 saturated heterocycles. The van der Waals surface area contributed by atoms with E-state index in [1.54, 1.807) is 21.3 Å². The zero-order valence-corrected chi connectivity index (χ0v) is 19.3. The van der Waals surface area contributed by atoms with E-state index in [0.29, 0.717) is 18.0 Å². The van der Waals surface area contributed by atoms with Crippen molar-refractivity contribution in [2.24, 2.45) is 0 Å². The lowest BCUT2D eigenvalue weighted by Crippen LogP contribution is -2.40. The summed E-state index contributed by atoms with van der Waals surface area (Å²) >= 11 is 0. The summed E-state index contributed by atoms with van der Waals surface area (Å²) in [6.07, 6.45) is 1.83. The number of hydrogen-bond acceptors (Lipinski definition) is 4. The van der Waals surface area contributed by atoms with E-state index in [1.165, 1.54) is 11.1 Å². The number of anilines is 1. The fourth-order valence-electron chi connectivity index (χ4n) is 3.86. The smallest absolute Gasteiger partial charge is 0.247 e. The largest absolute Gasteiger partial charge is 0.493 e. The van der Waals surface area contributed by atoms with Crippen LogP contribution in [0.5, 0.6) is 11.5 Å². The average Bonchev–Trinajstić information content (AvgIpc) is 2.84. The van der Waals surface area contributed by atoms with Crippen LogP contribution in [0.3, 0.4) is 0 Å². The minimum absolute atomic E-state index is 0.0543. The topological polar surface area (TPSA) is 50.8 Å². The van der Waals surface area contributed by atoms with Gasteiger partial charge in [-0.05, 0) is 43.0 Å². The van der Waals surface area contributed by atoms with Gasteiger partial charge in [0, 0.05) is 25.3 Å². The Morgan fingerprint density at radius 3 is 2.25 bits per heavy atom. The minimum Gasteiger partial charge on any atom is -0.493 e. The lowest BCUT2D eigenvalue weighted by molar-refractivity contribution is -0.122. The number of amides is 1. The van der Waals surface area contributed by atoms with Gasteiger partial charge in [0.05, 0.1) is 14.2 Å². The van der Waals surface area contributed by atoms with Gasteiger partial charge in [-0.15, -0.1) is 0 Å². The third-order valence-electron chi connectivity index (χ3n) is 5.61. The van der Waals surface area contributed by atoms with Crippen LogP contribution in [-0.2, 0) is 11.2 Å². The number of benzene rings is 3. The van der Waals surface area contributed by atoms with Gasteiger partial charge >= 0.3 is 0 Å². The molecule has 0 heterocycles. The van der Waals surface area contributed by atoms with E-state index in [2.05, 4.69) is 41.4 Å². The van der Waals surface area contributed by atoms with Gasteiger partial charge in [0.15, 0.2) is 11.5 Å². The first kappa shape index (κ1) is 23.2. The van der Waals surface area contributed by atoms with E-state index in [-0.39, 0.29) is 5.91 Å². The average molecular weight is 433 g/mol. The zero-order valence-electron chi connectivity index (χ0n) is 19.3. The van der Waals surface area contributed by atoms with Crippen molar-refractivity contribution in [2.45, 2.75) is 25.8 Å². The SMILES string of the molecule is CNC(=O)[C@H](c1ccccc1)N(CCCc1ccc(C)cc1)c1ccc(OC)c(OC)c1. The Hall–Kier alpha value is -3.47. The maximum Gasteiger partial charge on any atom is 0.247 e. The fourth-order valence-corrected chi connectivity index (χ4v) is 3.86. The maximum atomic E-state index is 13.1. The predicted molar refractivity (Wildman–Crippen MR) is 130 cm³/mol. The molecule has 168 valence electrons. The van der Waals surface area contributed by atoms with Crippen molar-refractivity contribution in [3.05, 3.63) is 89.5 Å². The molecule has 0 bridgehead atoms. The number of carbonyl (C=O) groups is 1. The Bertz CT molecular complexity index is 1000. The van der Waals surface area contributed by atoms with Crippen molar-refractivity contribution < 1.29 is 14.3 Å². The second-order valence-electron chi connectivity index (χ2n) is 7.75. The van der Waals surface area contributed by atoms with Gasteiger partial charge in [0.2, 0.25) is 5.91 Å². The Balaban J connectivity index is 1.95. The van der Waals surface area contributed by atoms with Crippen LogP contribution in [0.4, 0.5) is 5.69 Å². The summed E-state index contributed by atoms with van der Waals surface area (Å²) in [6, 6.07) is 23.8. The molecular weight excluding hydrogens is 400 g/mol. The highest BCUT2D eigenvalue weighted by Gasteiger charge is 2.27. The van der Waals surface area contributed by atoms with Gasteiger partial charge in [0.1, 0.15) is 6.04 Å². The Morgan fingerprint density at radius 1 is 0.938 bits per heavy atom. The zero-order chi connectivity index (χ0) is 22.9. The van der Waals surface area contributed by atoms with Crippen LogP contribution in [0.1, 0.15) is 29.2 Å². The summed E-state index contributed by atoms with van der Waals surface area (Å²) < 4.78 is 10.9. The van der Waals surface area contributed by atoms with Crippen LogP contribution in [0.2, 0.25) is 0 Å². The highest BCUT2D eigenvalue weighted by molar-refractivity contribution is 5.86. The highest BCUT2D eigenvalue weighted by Crippen LogP contribution is 2.35. The molecule has 0 saturated carbocycles. The van der Waals surface area contributed by atoms with Crippen molar-refractivity contribution in [1.82, 2.24) is 5.32 Å². The Kier molecular flexibility index (Phi) is 8.14. The van der Waals surface area contributed by atoms with Gasteiger partial charge in [-0.25, -0.2) is 0 Å². The number of ether oxygens (including phenoxy) is 2. The molecule has 0 aliphatic rings. The molecular formula is C27H32N2O3. The number of likely N-dealkylation sites (N-methyl/N-ethyl adjacent to an activating group) is 1. The molecule has 5 heteroatoms. The molecule has 1 amide bonds. The summed E-state index contributed by atoms with van der Waals surface area (Å²) in [6.45, 7) is 2.80. The quantitative estimate of drug-likeness (QED) is 0.493. The minimum atomic E-state index is -0.461. The molecule has 1 N–H and O–H groups in total. The summed E-state index contributed by atoms with van der Waals surface area (Å²) in [7, 11) is 4.92. The number of carbonyl (C=O) groups excluding carboxylic acids is 1. The first-order valence-electron chi connectivity index (χ1n) is 10.9. The molecule has 0 radical (unpaired) electrons. The van der Waals surface area contributed by atoms with Crippen LogP contribution in [0, 0.1) is 6.92 Å². The van der Waals surface area contributed by atoms with E-state index in [9.17, 15) is 4.79 Å². The lowest BCUT2D eigenvalue weighted by Gasteiger charge is -2.33. The number of aryl methyl sites for hydroxylation is 2. The van der Waals surface area contributed by atoms with Crippen LogP contribution >= 0.6 is 0 Å². The van der Waals surface area contributed by atoms with E-state index in [0.717, 1.165) is 24.1 Å². The normalized spacial score (nSPS) is 11.5. The monoisotopic (exact) mass is 432 g/mol. The third-order valence-corrected chi connectivity index (χ3v) is 5.61. The molecule has 0 spiro atoms. The summed E-state index contributed by atoms with van der Waals surface area (Å²) in [5.41, 5.74) is 4.39. The summed E-state index contributed by atoms with van der Waals surface area (Å²) in [4.78, 5) is 15.2. The summed E-state index contributed by atoms with van der Waals surface area (Å²) in [5, 5.41) is 2.84. The molecule has 1 atom stereocenters. The summed E-state index contributed by atoms with van der Waals surface area (Å²) in [5.74, 6) is 1.24. The number of rotatable bonds is 10. The molecule has 0 aliphatic heterocycles. The third kappa shape index (κ3) is 5.61. The number of methoxy groups -OCH3 is 2. The number of nitrogens with zero attached hydrogens (tertiary/aromatic N) is 1. The number of hydrogen-bond donors (Lipinski definition) is 1. The molecule has 0 fully saturated rings. The molecule has 5 nitrogen and oxygen atoms in total. The molecule has 0 aliphatic carbocycles. The lowest BCUT2D eigenvalue weighted by atomic mass is 10.0. The molecule has 32 heavy (non-hydrogen) atoms. The van der Waals surface area contributed by atoms with Crippen LogP contribution < -0.4 is 19.7 Å². The van der Waals surface area contributed by atoms with E-state index in [4.69, 9.17) is 9.47 Å². The van der Waals surface area contributed by atoms with Crippen LogP contribution in [-0.4, -0.2) is 33.7 Å². The van der Waals surface area contributed by atoms with E-state index < -0.39 is 6.04 Å². The van der Waals surface area contributed by atoms with Crippen molar-refractivity contribution in [3.8, 4) is 11.5 Å². The molecule has 3 aromatic rings. The van der Waals surface area contributed by atoms with Crippen molar-refractivity contribution in [3.63, 3.8) is 0 Å². The van der Waals surface area contributed by atoms with Gasteiger partial charge in [-0.1, -0.05) is 60.2 Å². The Morgan fingerprint density at radius 2 is 1.62 bits per heavy atom. The standard InChI is InChI=1S/C27H32N2O3/c1-20-12-14-21(15-13-20)9-8-18-29(23-16-17-24(31-3)25(19-23)32-4)26(27(30)28-2)22-10-6-5-7-11-22/h5-7,10-17,19,26H,8-9,18H2,1-4H3,(H,28,30)/t26-/m0/s1. The molecule has 0 unspecified atom stereocenters. The van der Waals surface area contributed by atoms with Crippen molar-refractivity contribution in [2.75, 3.05) is 32.7 Å². The van der Waals surface area contributed by atoms with Crippen LogP contribution in [0.15, 0.2) is 72.8 Å².